The molecule has 0 aliphatic rings. The van der Waals surface area contributed by atoms with Crippen LogP contribution in [0.15, 0.2) is 47.4 Å². The Morgan fingerprint density at radius 2 is 2.05 bits per heavy atom. The van der Waals surface area contributed by atoms with Crippen molar-refractivity contribution in [2.75, 3.05) is 16.8 Å². The molecule has 0 bridgehead atoms. The van der Waals surface area contributed by atoms with Crippen LogP contribution in [0.2, 0.25) is 0 Å². The molecule has 0 aromatic heterocycles. The number of rotatable bonds is 5. The lowest BCUT2D eigenvalue weighted by Crippen LogP contribution is -2.13. The smallest absolute Gasteiger partial charge is 0.255 e. The number of nitrogens with two attached hydrogens (primary N) is 1. The predicted octanol–water partition coefficient (Wildman–Crippen LogP) is 4.33. The maximum atomic E-state index is 12.3. The summed E-state index contributed by atoms with van der Waals surface area (Å²) in [6, 6.07) is 13.3. The minimum absolute atomic E-state index is 0.136. The van der Waals surface area contributed by atoms with Gasteiger partial charge in [-0.3, -0.25) is 4.79 Å². The summed E-state index contributed by atoms with van der Waals surface area (Å²) < 4.78 is 0. The van der Waals surface area contributed by atoms with E-state index >= 15 is 0 Å². The van der Waals surface area contributed by atoms with Crippen LogP contribution in [-0.4, -0.2) is 11.7 Å². The molecule has 0 atom stereocenters. The topological polar surface area (TPSA) is 55.1 Å². The third-order valence-corrected chi connectivity index (χ3v) is 4.23. The number of nitrogen functional groups attached to an aromatic ring is 1. The maximum absolute atomic E-state index is 12.3. The van der Waals surface area contributed by atoms with Gasteiger partial charge in [-0.25, -0.2) is 0 Å². The van der Waals surface area contributed by atoms with Crippen LogP contribution in [0.4, 0.5) is 11.4 Å². The first-order chi connectivity index (χ1) is 10.1. The van der Waals surface area contributed by atoms with Gasteiger partial charge in [0.05, 0.1) is 11.4 Å². The van der Waals surface area contributed by atoms with E-state index in [0.717, 1.165) is 22.6 Å². The number of amides is 1. The van der Waals surface area contributed by atoms with Crippen LogP contribution in [0.25, 0.3) is 0 Å². The number of hydrogen-bond donors (Lipinski definition) is 2. The third-order valence-electron chi connectivity index (χ3n) is 3.03. The second kappa shape index (κ2) is 7.18. The van der Waals surface area contributed by atoms with E-state index in [4.69, 9.17) is 5.73 Å². The van der Waals surface area contributed by atoms with Gasteiger partial charge < -0.3 is 11.1 Å². The van der Waals surface area contributed by atoms with Crippen molar-refractivity contribution in [3.05, 3.63) is 53.6 Å². The van der Waals surface area contributed by atoms with Gasteiger partial charge in [0.1, 0.15) is 0 Å². The Morgan fingerprint density at radius 3 is 2.76 bits per heavy atom. The summed E-state index contributed by atoms with van der Waals surface area (Å²) in [5.74, 6) is 0.915. The Balaban J connectivity index is 2.16. The Labute approximate surface area is 129 Å². The molecule has 0 saturated heterocycles. The molecule has 2 rings (SSSR count). The fraction of sp³-hybridized carbons (Fsp3) is 0.235. The third kappa shape index (κ3) is 4.26. The molecule has 0 spiro atoms. The number of thioether (sulfide) groups is 1. The maximum Gasteiger partial charge on any atom is 0.255 e. The molecule has 21 heavy (non-hydrogen) atoms. The van der Waals surface area contributed by atoms with Crippen LogP contribution in [0.1, 0.15) is 29.3 Å². The molecule has 110 valence electrons. The van der Waals surface area contributed by atoms with E-state index in [0.29, 0.717) is 16.9 Å². The van der Waals surface area contributed by atoms with Gasteiger partial charge in [0.25, 0.3) is 5.91 Å². The van der Waals surface area contributed by atoms with Crippen molar-refractivity contribution >= 4 is 29.0 Å². The molecule has 3 nitrogen and oxygen atoms in total. The standard InChI is InChI=1S/C17H20N2OS/c1-3-9-21-14-7-8-15(18)16(11-14)19-17(20)13-6-4-5-12(2)10-13/h4-8,10-11H,3,9,18H2,1-2H3,(H,19,20). The van der Waals surface area contributed by atoms with E-state index in [1.807, 2.05) is 43.3 Å². The lowest BCUT2D eigenvalue weighted by molar-refractivity contribution is 0.102. The highest BCUT2D eigenvalue weighted by molar-refractivity contribution is 7.99. The van der Waals surface area contributed by atoms with Crippen LogP contribution in [-0.2, 0) is 0 Å². The average molecular weight is 300 g/mol. The molecule has 0 unspecified atom stereocenters. The number of nitrogens with one attached hydrogen (secondary N) is 1. The van der Waals surface area contributed by atoms with Crippen LogP contribution in [0.5, 0.6) is 0 Å². The summed E-state index contributed by atoms with van der Waals surface area (Å²) in [5, 5.41) is 2.89. The zero-order chi connectivity index (χ0) is 15.2. The highest BCUT2D eigenvalue weighted by atomic mass is 32.2. The van der Waals surface area contributed by atoms with Crippen molar-refractivity contribution in [2.45, 2.75) is 25.2 Å². The summed E-state index contributed by atoms with van der Waals surface area (Å²) in [7, 11) is 0. The first kappa shape index (κ1) is 15.4. The van der Waals surface area contributed by atoms with E-state index in [1.54, 1.807) is 17.8 Å². The van der Waals surface area contributed by atoms with E-state index in [1.165, 1.54) is 0 Å². The normalized spacial score (nSPS) is 10.4. The van der Waals surface area contributed by atoms with Gasteiger partial charge in [-0.15, -0.1) is 11.8 Å². The fourth-order valence-electron chi connectivity index (χ4n) is 1.93. The second-order valence-electron chi connectivity index (χ2n) is 4.92. The van der Waals surface area contributed by atoms with Crippen molar-refractivity contribution < 1.29 is 4.79 Å². The summed E-state index contributed by atoms with van der Waals surface area (Å²) in [4.78, 5) is 13.4. The number of carbonyl (C=O) groups is 1. The highest BCUT2D eigenvalue weighted by Crippen LogP contribution is 2.27. The van der Waals surface area contributed by atoms with Crippen molar-refractivity contribution in [2.24, 2.45) is 0 Å². The van der Waals surface area contributed by atoms with Crippen molar-refractivity contribution in [1.82, 2.24) is 0 Å². The molecule has 0 aliphatic heterocycles. The van der Waals surface area contributed by atoms with Gasteiger partial charge in [-0.2, -0.15) is 0 Å². The van der Waals surface area contributed by atoms with Gasteiger partial charge in [0, 0.05) is 10.5 Å². The minimum atomic E-state index is -0.136. The first-order valence-corrected chi connectivity index (χ1v) is 7.99. The number of hydrogen-bond acceptors (Lipinski definition) is 3. The molecule has 0 aliphatic carbocycles. The minimum Gasteiger partial charge on any atom is -0.397 e. The van der Waals surface area contributed by atoms with Gasteiger partial charge in [0.2, 0.25) is 0 Å². The monoisotopic (exact) mass is 300 g/mol. The lowest BCUT2D eigenvalue weighted by Gasteiger charge is -2.10. The highest BCUT2D eigenvalue weighted by Gasteiger charge is 2.09. The van der Waals surface area contributed by atoms with Gasteiger partial charge in [0.15, 0.2) is 0 Å². The van der Waals surface area contributed by atoms with E-state index in [9.17, 15) is 4.79 Å². The largest absolute Gasteiger partial charge is 0.397 e. The van der Waals surface area contributed by atoms with Crippen LogP contribution < -0.4 is 11.1 Å². The van der Waals surface area contributed by atoms with E-state index < -0.39 is 0 Å². The molecular formula is C17H20N2OS. The zero-order valence-electron chi connectivity index (χ0n) is 12.3. The zero-order valence-corrected chi connectivity index (χ0v) is 13.2. The van der Waals surface area contributed by atoms with Crippen LogP contribution in [0, 0.1) is 6.92 Å². The fourth-order valence-corrected chi connectivity index (χ4v) is 2.74. The molecule has 0 saturated carbocycles. The van der Waals surface area contributed by atoms with Crippen LogP contribution >= 0.6 is 11.8 Å². The molecule has 3 N–H and O–H groups in total. The summed E-state index contributed by atoms with van der Waals surface area (Å²) >= 11 is 1.76. The lowest BCUT2D eigenvalue weighted by atomic mass is 10.1. The van der Waals surface area contributed by atoms with Crippen molar-refractivity contribution in [3.8, 4) is 0 Å². The second-order valence-corrected chi connectivity index (χ2v) is 6.09. The quantitative estimate of drug-likeness (QED) is 0.638. The Bertz CT molecular complexity index is 640. The molecule has 0 radical (unpaired) electrons. The predicted molar refractivity (Wildman–Crippen MR) is 91.0 cm³/mol. The summed E-state index contributed by atoms with van der Waals surface area (Å²) in [5.41, 5.74) is 8.90. The first-order valence-electron chi connectivity index (χ1n) is 7.00. The molecule has 4 heteroatoms. The number of benzene rings is 2. The summed E-state index contributed by atoms with van der Waals surface area (Å²) in [6.45, 7) is 4.11. The van der Waals surface area contributed by atoms with Crippen molar-refractivity contribution in [3.63, 3.8) is 0 Å². The molecule has 0 heterocycles. The van der Waals surface area contributed by atoms with Crippen molar-refractivity contribution in [1.29, 1.82) is 0 Å². The van der Waals surface area contributed by atoms with E-state index in [-0.39, 0.29) is 5.91 Å². The molecule has 0 fully saturated rings. The Morgan fingerprint density at radius 1 is 1.24 bits per heavy atom. The summed E-state index contributed by atoms with van der Waals surface area (Å²) in [6.07, 6.45) is 1.11. The Kier molecular flexibility index (Phi) is 5.28. The van der Waals surface area contributed by atoms with Gasteiger partial charge >= 0.3 is 0 Å². The molecule has 2 aromatic rings. The SMILES string of the molecule is CCCSc1ccc(N)c(NC(=O)c2cccc(C)c2)c1. The molecule has 2 aromatic carbocycles. The average Bonchev–Trinajstić information content (AvgIpc) is 2.48. The van der Waals surface area contributed by atoms with E-state index in [2.05, 4.69) is 12.2 Å². The Hall–Kier alpha value is -1.94. The molecule has 1 amide bonds. The number of aryl methyl sites for hydroxylation is 1. The van der Waals surface area contributed by atoms with Gasteiger partial charge in [-0.1, -0.05) is 24.6 Å². The number of carbonyl (C=O) groups excluding carboxylic acids is 1. The molecular weight excluding hydrogens is 280 g/mol. The van der Waals surface area contributed by atoms with Gasteiger partial charge in [-0.05, 0) is 49.4 Å². The number of anilines is 2. The van der Waals surface area contributed by atoms with Crippen LogP contribution in [0.3, 0.4) is 0 Å².